The van der Waals surface area contributed by atoms with Gasteiger partial charge in [0.15, 0.2) is 5.78 Å². The van der Waals surface area contributed by atoms with Crippen molar-refractivity contribution in [3.63, 3.8) is 0 Å². The molecule has 0 saturated heterocycles. The molecule has 0 aromatic heterocycles. The molecule has 2 saturated carbocycles. The molecular formula is C29H32O2. The minimum absolute atomic E-state index is 0.197. The van der Waals surface area contributed by atoms with E-state index in [0.717, 1.165) is 29.7 Å². The number of Topliss-reactive ketones (excluding diaryl/α,β-unsaturated/α-hetero) is 1. The van der Waals surface area contributed by atoms with Crippen molar-refractivity contribution >= 4 is 11.4 Å². The Balaban J connectivity index is 1.32. The highest BCUT2D eigenvalue weighted by Gasteiger charge is 2.60. The Hall–Kier alpha value is -2.35. The van der Waals surface area contributed by atoms with Gasteiger partial charge in [-0.15, -0.1) is 0 Å². The molecule has 6 atom stereocenters. The summed E-state index contributed by atoms with van der Waals surface area (Å²) >= 11 is 0. The lowest BCUT2D eigenvalue weighted by Crippen LogP contribution is -2.42. The molecule has 160 valence electrons. The average Bonchev–Trinajstić information content (AvgIpc) is 3.27. The highest BCUT2D eigenvalue weighted by Crippen LogP contribution is 2.67. The van der Waals surface area contributed by atoms with Gasteiger partial charge in [-0.3, -0.25) is 4.79 Å². The van der Waals surface area contributed by atoms with Gasteiger partial charge in [-0.25, -0.2) is 0 Å². The van der Waals surface area contributed by atoms with E-state index in [1.54, 1.807) is 12.7 Å². The smallest absolute Gasteiger partial charge is 0.166 e. The van der Waals surface area contributed by atoms with Crippen LogP contribution in [0.2, 0.25) is 0 Å². The van der Waals surface area contributed by atoms with Gasteiger partial charge < -0.3 is 4.74 Å². The largest absolute Gasteiger partial charge is 0.497 e. The second-order valence-corrected chi connectivity index (χ2v) is 10.7. The minimum atomic E-state index is 0.197. The lowest BCUT2D eigenvalue weighted by Gasteiger charge is -2.50. The van der Waals surface area contributed by atoms with Gasteiger partial charge in [0.25, 0.3) is 0 Å². The second kappa shape index (κ2) is 6.82. The maximum absolute atomic E-state index is 13.5. The fraction of sp³-hybridized carbons (Fsp3) is 0.483. The Morgan fingerprint density at radius 1 is 1.03 bits per heavy atom. The molecule has 6 rings (SSSR count). The fourth-order valence-corrected chi connectivity index (χ4v) is 7.78. The van der Waals surface area contributed by atoms with Gasteiger partial charge in [-0.05, 0) is 96.9 Å². The van der Waals surface area contributed by atoms with E-state index in [-0.39, 0.29) is 11.3 Å². The molecule has 31 heavy (non-hydrogen) atoms. The number of hydrogen-bond acceptors (Lipinski definition) is 2. The molecule has 0 bridgehead atoms. The first kappa shape index (κ1) is 19.3. The molecule has 0 unspecified atom stereocenters. The van der Waals surface area contributed by atoms with E-state index in [1.807, 2.05) is 0 Å². The summed E-state index contributed by atoms with van der Waals surface area (Å²) in [6.07, 6.45) is 8.35. The number of carbonyl (C=O) groups is 1. The number of fused-ring (bicyclic) bond motifs is 7. The van der Waals surface area contributed by atoms with Crippen molar-refractivity contribution in [2.45, 2.75) is 51.9 Å². The molecule has 4 aliphatic carbocycles. The number of benzene rings is 2. The van der Waals surface area contributed by atoms with Gasteiger partial charge >= 0.3 is 0 Å². The van der Waals surface area contributed by atoms with E-state index in [4.69, 9.17) is 4.74 Å². The zero-order valence-corrected chi connectivity index (χ0v) is 18.9. The summed E-state index contributed by atoms with van der Waals surface area (Å²) in [5.41, 5.74) is 6.64. The number of allylic oxidation sites excluding steroid dienone is 2. The first-order valence-electron chi connectivity index (χ1n) is 12.0. The summed E-state index contributed by atoms with van der Waals surface area (Å²) in [7, 11) is 1.76. The van der Waals surface area contributed by atoms with Crippen molar-refractivity contribution < 1.29 is 9.53 Å². The molecule has 2 aromatic carbocycles. The predicted octanol–water partition coefficient (Wildman–Crippen LogP) is 6.37. The van der Waals surface area contributed by atoms with E-state index in [2.05, 4.69) is 62.4 Å². The number of hydrogen-bond donors (Lipinski definition) is 0. The summed E-state index contributed by atoms with van der Waals surface area (Å²) in [5.74, 6) is 4.03. The quantitative estimate of drug-likeness (QED) is 0.573. The molecule has 0 heterocycles. The van der Waals surface area contributed by atoms with Crippen molar-refractivity contribution in [1.29, 1.82) is 0 Å². The lowest BCUT2D eigenvalue weighted by molar-refractivity contribution is -0.117. The average molecular weight is 413 g/mol. The highest BCUT2D eigenvalue weighted by molar-refractivity contribution is 6.24. The van der Waals surface area contributed by atoms with Crippen molar-refractivity contribution in [1.82, 2.24) is 0 Å². The summed E-state index contributed by atoms with van der Waals surface area (Å²) in [6.45, 7) is 4.61. The monoisotopic (exact) mass is 412 g/mol. The summed E-state index contributed by atoms with van der Waals surface area (Å²) in [4.78, 5) is 13.5. The first-order valence-corrected chi connectivity index (χ1v) is 12.0. The molecule has 0 spiro atoms. The van der Waals surface area contributed by atoms with Gasteiger partial charge in [-0.2, -0.15) is 0 Å². The Morgan fingerprint density at radius 3 is 2.61 bits per heavy atom. The molecule has 0 radical (unpaired) electrons. The van der Waals surface area contributed by atoms with Gasteiger partial charge in [-0.1, -0.05) is 48.9 Å². The number of aryl methyl sites for hydroxylation is 2. The molecule has 0 aliphatic heterocycles. The Kier molecular flexibility index (Phi) is 4.26. The van der Waals surface area contributed by atoms with Crippen LogP contribution in [0.25, 0.3) is 5.57 Å². The van der Waals surface area contributed by atoms with Crippen LogP contribution >= 0.6 is 0 Å². The fourth-order valence-electron chi connectivity index (χ4n) is 7.78. The zero-order valence-electron chi connectivity index (χ0n) is 18.9. The molecule has 2 fully saturated rings. The molecular weight excluding hydrogens is 380 g/mol. The topological polar surface area (TPSA) is 26.3 Å². The molecule has 2 nitrogen and oxygen atoms in total. The van der Waals surface area contributed by atoms with E-state index in [1.165, 1.54) is 30.4 Å². The second-order valence-electron chi connectivity index (χ2n) is 10.7. The predicted molar refractivity (Wildman–Crippen MR) is 124 cm³/mol. The van der Waals surface area contributed by atoms with Crippen LogP contribution in [-0.4, -0.2) is 12.9 Å². The van der Waals surface area contributed by atoms with Crippen LogP contribution in [0.5, 0.6) is 5.75 Å². The van der Waals surface area contributed by atoms with Crippen molar-refractivity contribution in [3.05, 3.63) is 70.8 Å². The van der Waals surface area contributed by atoms with Crippen LogP contribution in [0.4, 0.5) is 0 Å². The van der Waals surface area contributed by atoms with E-state index in [0.29, 0.717) is 29.5 Å². The molecule has 2 aromatic rings. The third-order valence-electron chi connectivity index (χ3n) is 9.39. The number of methoxy groups -OCH3 is 1. The van der Waals surface area contributed by atoms with Crippen LogP contribution in [0.3, 0.4) is 0 Å². The van der Waals surface area contributed by atoms with Crippen LogP contribution in [-0.2, 0) is 11.2 Å². The molecule has 0 amide bonds. The van der Waals surface area contributed by atoms with Gasteiger partial charge in [0.05, 0.1) is 7.11 Å². The van der Waals surface area contributed by atoms with Crippen LogP contribution in [0.15, 0.2) is 48.5 Å². The molecule has 2 heteroatoms. The minimum Gasteiger partial charge on any atom is -0.497 e. The summed E-state index contributed by atoms with van der Waals surface area (Å²) in [6, 6.07) is 15.2. The Labute approximate surface area is 185 Å². The maximum atomic E-state index is 13.5. The first-order chi connectivity index (χ1) is 15.0. The van der Waals surface area contributed by atoms with E-state index in [9.17, 15) is 4.79 Å². The van der Waals surface area contributed by atoms with Gasteiger partial charge in [0.1, 0.15) is 5.75 Å². The lowest BCUT2D eigenvalue weighted by atomic mass is 9.54. The van der Waals surface area contributed by atoms with Crippen LogP contribution in [0.1, 0.15) is 60.8 Å². The van der Waals surface area contributed by atoms with Crippen LogP contribution in [0, 0.1) is 36.0 Å². The Morgan fingerprint density at radius 2 is 1.84 bits per heavy atom. The van der Waals surface area contributed by atoms with E-state index >= 15 is 0 Å². The number of rotatable bonds is 2. The number of carbonyl (C=O) groups excluding carboxylic acids is 1. The standard InChI is InChI=1S/C29H32O2/c1-17-4-6-18(7-5-17)24-15-27-25(28(24)30)16-26-23-10-8-19-14-20(31-3)9-11-21(19)22(23)12-13-29(26,27)2/h4-7,9,11,14-15,22-23,25-27H,8,10,12-13,16H2,1-3H3/t22-,23-,25-,26+,27-,29+/m1/s1. The van der Waals surface area contributed by atoms with E-state index < -0.39 is 0 Å². The van der Waals surface area contributed by atoms with Crippen LogP contribution < -0.4 is 4.74 Å². The van der Waals surface area contributed by atoms with Crippen molar-refractivity contribution in [3.8, 4) is 5.75 Å². The van der Waals surface area contributed by atoms with Crippen molar-refractivity contribution in [2.24, 2.45) is 29.1 Å². The zero-order chi connectivity index (χ0) is 21.3. The SMILES string of the molecule is COc1ccc2c(c1)CC[C@@H]1[C@@H]2CC[C@]2(C)[C@@H]3C=C(c4ccc(C)cc4)C(=O)[C@@H]3C[C@@H]12. The van der Waals surface area contributed by atoms with Gasteiger partial charge in [0, 0.05) is 11.5 Å². The summed E-state index contributed by atoms with van der Waals surface area (Å²) < 4.78 is 5.47. The number of ether oxygens (including phenoxy) is 1. The normalized spacial score (nSPS) is 35.6. The highest BCUT2D eigenvalue weighted by atomic mass is 16.5. The third-order valence-corrected chi connectivity index (χ3v) is 9.39. The Bertz CT molecular complexity index is 1080. The van der Waals surface area contributed by atoms with Gasteiger partial charge in [0.2, 0.25) is 0 Å². The third kappa shape index (κ3) is 2.73. The molecule has 4 aliphatic rings. The maximum Gasteiger partial charge on any atom is 0.166 e. The summed E-state index contributed by atoms with van der Waals surface area (Å²) in [5, 5.41) is 0. The van der Waals surface area contributed by atoms with Crippen molar-refractivity contribution in [2.75, 3.05) is 7.11 Å². The molecule has 0 N–H and O–H groups in total. The number of ketones is 1.